The zero-order valence-electron chi connectivity index (χ0n) is 12.4. The second kappa shape index (κ2) is 6.24. The Hall–Kier alpha value is -1.26. The van der Waals surface area contributed by atoms with Crippen LogP contribution in [0.25, 0.3) is 0 Å². The number of nitrogens with zero attached hydrogens (tertiary/aromatic N) is 2. The lowest BCUT2D eigenvalue weighted by molar-refractivity contribution is -0.129. The molecule has 0 bridgehead atoms. The van der Waals surface area contributed by atoms with Gasteiger partial charge in [-0.25, -0.2) is 0 Å². The van der Waals surface area contributed by atoms with Crippen LogP contribution >= 0.6 is 11.6 Å². The number of hydrogen-bond donors (Lipinski definition) is 1. The lowest BCUT2D eigenvalue weighted by Gasteiger charge is -2.39. The molecular formula is C16H22ClN3O. The van der Waals surface area contributed by atoms with Gasteiger partial charge in [0, 0.05) is 54.9 Å². The average Bonchev–Trinajstić information content (AvgIpc) is 2.87. The number of hydrogen-bond acceptors (Lipinski definition) is 3. The van der Waals surface area contributed by atoms with Crippen molar-refractivity contribution in [3.8, 4) is 0 Å². The minimum absolute atomic E-state index is 0.318. The minimum atomic E-state index is 0.318. The molecule has 2 heterocycles. The van der Waals surface area contributed by atoms with E-state index >= 15 is 0 Å². The monoisotopic (exact) mass is 307 g/mol. The van der Waals surface area contributed by atoms with E-state index in [1.54, 1.807) is 0 Å². The van der Waals surface area contributed by atoms with E-state index in [-0.39, 0.29) is 0 Å². The van der Waals surface area contributed by atoms with Gasteiger partial charge in [-0.15, -0.1) is 0 Å². The van der Waals surface area contributed by atoms with Crippen molar-refractivity contribution in [2.45, 2.75) is 32.4 Å². The molecule has 1 aromatic carbocycles. The van der Waals surface area contributed by atoms with Gasteiger partial charge in [0.05, 0.1) is 0 Å². The first kappa shape index (κ1) is 14.7. The Bertz CT molecular complexity index is 534. The van der Waals surface area contributed by atoms with Crippen LogP contribution in [0.15, 0.2) is 18.2 Å². The van der Waals surface area contributed by atoms with E-state index in [0.29, 0.717) is 18.4 Å². The lowest BCUT2D eigenvalue weighted by atomic mass is 10.1. The van der Waals surface area contributed by atoms with Crippen LogP contribution in [0, 0.1) is 0 Å². The lowest BCUT2D eigenvalue weighted by Crippen LogP contribution is -2.51. The molecule has 2 saturated heterocycles. The van der Waals surface area contributed by atoms with E-state index in [9.17, 15) is 4.79 Å². The second-order valence-corrected chi connectivity index (χ2v) is 6.15. The van der Waals surface area contributed by atoms with E-state index < -0.39 is 0 Å². The summed E-state index contributed by atoms with van der Waals surface area (Å²) in [5.74, 6) is 0.318. The maximum absolute atomic E-state index is 11.8. The maximum atomic E-state index is 11.8. The fourth-order valence-corrected chi connectivity index (χ4v) is 3.59. The summed E-state index contributed by atoms with van der Waals surface area (Å²) in [5, 5.41) is 4.18. The van der Waals surface area contributed by atoms with Gasteiger partial charge in [-0.3, -0.25) is 4.79 Å². The standard InChI is InChI=1S/C16H22ClN3O/c1-2-18-10-13-14(17)4-3-5-15(13)19-8-9-20-12(11-19)6-7-16(20)21/h3-5,12,18H,2,6-11H2,1H3. The fraction of sp³-hybridized carbons (Fsp3) is 0.562. The molecule has 2 aliphatic rings. The Balaban J connectivity index is 1.81. The highest BCUT2D eigenvalue weighted by Gasteiger charge is 2.35. The third kappa shape index (κ3) is 2.87. The van der Waals surface area contributed by atoms with Crippen LogP contribution in [0.2, 0.25) is 5.02 Å². The Labute approximate surface area is 131 Å². The molecule has 1 atom stereocenters. The number of rotatable bonds is 4. The van der Waals surface area contributed by atoms with E-state index in [2.05, 4.69) is 23.2 Å². The largest absolute Gasteiger partial charge is 0.367 e. The highest BCUT2D eigenvalue weighted by molar-refractivity contribution is 6.31. The zero-order chi connectivity index (χ0) is 14.8. The summed E-state index contributed by atoms with van der Waals surface area (Å²) in [4.78, 5) is 16.2. The number of piperazine rings is 1. The van der Waals surface area contributed by atoms with Crippen molar-refractivity contribution in [2.24, 2.45) is 0 Å². The third-order valence-electron chi connectivity index (χ3n) is 4.48. The van der Waals surface area contributed by atoms with E-state index in [0.717, 1.165) is 44.2 Å². The first-order valence-corrected chi connectivity index (χ1v) is 8.11. The smallest absolute Gasteiger partial charge is 0.223 e. The van der Waals surface area contributed by atoms with Crippen molar-refractivity contribution in [1.29, 1.82) is 0 Å². The third-order valence-corrected chi connectivity index (χ3v) is 4.84. The van der Waals surface area contributed by atoms with Crippen molar-refractivity contribution in [3.05, 3.63) is 28.8 Å². The Morgan fingerprint density at radius 3 is 3.05 bits per heavy atom. The highest BCUT2D eigenvalue weighted by Crippen LogP contribution is 2.31. The number of nitrogens with one attached hydrogen (secondary N) is 1. The van der Waals surface area contributed by atoms with Crippen LogP contribution in [-0.2, 0) is 11.3 Å². The Morgan fingerprint density at radius 1 is 1.38 bits per heavy atom. The van der Waals surface area contributed by atoms with Crippen molar-refractivity contribution in [3.63, 3.8) is 0 Å². The van der Waals surface area contributed by atoms with Gasteiger partial charge in [0.2, 0.25) is 5.91 Å². The van der Waals surface area contributed by atoms with Crippen molar-refractivity contribution in [1.82, 2.24) is 10.2 Å². The summed E-state index contributed by atoms with van der Waals surface area (Å²) in [6.45, 7) is 6.45. The van der Waals surface area contributed by atoms with Crippen LogP contribution in [0.3, 0.4) is 0 Å². The molecule has 21 heavy (non-hydrogen) atoms. The van der Waals surface area contributed by atoms with Crippen LogP contribution < -0.4 is 10.2 Å². The predicted octanol–water partition coefficient (Wildman–Crippen LogP) is 2.26. The summed E-state index contributed by atoms with van der Waals surface area (Å²) < 4.78 is 0. The van der Waals surface area contributed by atoms with Crippen LogP contribution in [0.1, 0.15) is 25.3 Å². The summed E-state index contributed by atoms with van der Waals surface area (Å²) in [7, 11) is 0. The molecular weight excluding hydrogens is 286 g/mol. The molecule has 0 aliphatic carbocycles. The Kier molecular flexibility index (Phi) is 4.36. The Morgan fingerprint density at radius 2 is 2.24 bits per heavy atom. The number of benzene rings is 1. The molecule has 1 amide bonds. The van der Waals surface area contributed by atoms with E-state index in [1.807, 2.05) is 17.0 Å². The number of carbonyl (C=O) groups excluding carboxylic acids is 1. The first-order valence-electron chi connectivity index (χ1n) is 7.73. The number of amides is 1. The summed E-state index contributed by atoms with van der Waals surface area (Å²) >= 11 is 6.39. The summed E-state index contributed by atoms with van der Waals surface area (Å²) in [6, 6.07) is 6.48. The molecule has 0 aromatic heterocycles. The molecule has 114 valence electrons. The van der Waals surface area contributed by atoms with Crippen LogP contribution in [0.5, 0.6) is 0 Å². The average molecular weight is 308 g/mol. The summed E-state index contributed by atoms with van der Waals surface area (Å²) in [5.41, 5.74) is 2.38. The number of halogens is 1. The van der Waals surface area contributed by atoms with Gasteiger partial charge in [-0.2, -0.15) is 0 Å². The van der Waals surface area contributed by atoms with Gasteiger partial charge < -0.3 is 15.1 Å². The minimum Gasteiger partial charge on any atom is -0.367 e. The number of carbonyl (C=O) groups is 1. The van der Waals surface area contributed by atoms with Crippen molar-refractivity contribution >= 4 is 23.2 Å². The molecule has 4 nitrogen and oxygen atoms in total. The molecule has 3 rings (SSSR count). The molecule has 2 fully saturated rings. The van der Waals surface area contributed by atoms with Crippen LogP contribution in [0.4, 0.5) is 5.69 Å². The number of fused-ring (bicyclic) bond motifs is 1. The molecule has 2 aliphatic heterocycles. The molecule has 1 N–H and O–H groups in total. The van der Waals surface area contributed by atoms with Crippen molar-refractivity contribution in [2.75, 3.05) is 31.1 Å². The fourth-order valence-electron chi connectivity index (χ4n) is 3.35. The highest BCUT2D eigenvalue weighted by atomic mass is 35.5. The van der Waals surface area contributed by atoms with Gasteiger partial charge in [0.15, 0.2) is 0 Å². The molecule has 0 spiro atoms. The normalized spacial score (nSPS) is 21.8. The zero-order valence-corrected chi connectivity index (χ0v) is 13.2. The van der Waals surface area contributed by atoms with E-state index in [1.165, 1.54) is 11.3 Å². The van der Waals surface area contributed by atoms with Gasteiger partial charge in [-0.1, -0.05) is 24.6 Å². The maximum Gasteiger partial charge on any atom is 0.223 e. The molecule has 0 radical (unpaired) electrons. The van der Waals surface area contributed by atoms with Gasteiger partial charge in [0.1, 0.15) is 0 Å². The summed E-state index contributed by atoms with van der Waals surface area (Å²) in [6.07, 6.45) is 1.69. The van der Waals surface area contributed by atoms with Gasteiger partial charge in [0.25, 0.3) is 0 Å². The second-order valence-electron chi connectivity index (χ2n) is 5.74. The molecule has 0 saturated carbocycles. The first-order chi connectivity index (χ1) is 10.2. The van der Waals surface area contributed by atoms with Crippen LogP contribution in [-0.4, -0.2) is 43.0 Å². The SMILES string of the molecule is CCNCc1c(Cl)cccc1N1CCN2C(=O)CCC2C1. The molecule has 5 heteroatoms. The molecule has 1 unspecified atom stereocenters. The topological polar surface area (TPSA) is 35.6 Å². The quantitative estimate of drug-likeness (QED) is 0.927. The molecule has 1 aromatic rings. The van der Waals surface area contributed by atoms with Gasteiger partial charge >= 0.3 is 0 Å². The van der Waals surface area contributed by atoms with Gasteiger partial charge in [-0.05, 0) is 25.1 Å². The number of anilines is 1. The predicted molar refractivity (Wildman–Crippen MR) is 85.8 cm³/mol. The van der Waals surface area contributed by atoms with E-state index in [4.69, 9.17) is 11.6 Å². The van der Waals surface area contributed by atoms with Crippen molar-refractivity contribution < 1.29 is 4.79 Å².